The molecule has 2 aliphatic rings. The van der Waals surface area contributed by atoms with Gasteiger partial charge in [-0.1, -0.05) is 30.3 Å². The van der Waals surface area contributed by atoms with Crippen molar-refractivity contribution in [1.29, 1.82) is 0 Å². The smallest absolute Gasteiger partial charge is 0.247 e. The number of hydrogen-bond acceptors (Lipinski definition) is 5. The van der Waals surface area contributed by atoms with E-state index in [-0.39, 0.29) is 17.9 Å². The quantitative estimate of drug-likeness (QED) is 0.714. The van der Waals surface area contributed by atoms with Gasteiger partial charge in [-0.25, -0.2) is 0 Å². The molecule has 1 atom stereocenters. The van der Waals surface area contributed by atoms with Gasteiger partial charge in [0.25, 0.3) is 0 Å². The van der Waals surface area contributed by atoms with Crippen LogP contribution in [0.25, 0.3) is 0 Å². The Bertz CT molecular complexity index is 570. The Hall–Kier alpha value is -1.76. The molecule has 2 saturated heterocycles. The van der Waals surface area contributed by atoms with Gasteiger partial charge in [-0.05, 0) is 5.56 Å². The molecule has 1 aromatic carbocycles. The SMILES string of the molecule is COCCN1C(=O)CC(N2CCN(Cc3ccccc3)CC2)C1=O. The Morgan fingerprint density at radius 3 is 2.46 bits per heavy atom. The molecule has 24 heavy (non-hydrogen) atoms. The van der Waals surface area contributed by atoms with Crippen LogP contribution in [0.2, 0.25) is 0 Å². The van der Waals surface area contributed by atoms with E-state index in [1.54, 1.807) is 7.11 Å². The lowest BCUT2D eigenvalue weighted by Gasteiger charge is -2.37. The Morgan fingerprint density at radius 1 is 1.08 bits per heavy atom. The first-order chi connectivity index (χ1) is 11.7. The summed E-state index contributed by atoms with van der Waals surface area (Å²) in [5, 5.41) is 0. The van der Waals surface area contributed by atoms with E-state index in [4.69, 9.17) is 4.74 Å². The van der Waals surface area contributed by atoms with Crippen molar-refractivity contribution in [2.75, 3.05) is 46.4 Å². The molecule has 0 aliphatic carbocycles. The number of ether oxygens (including phenoxy) is 1. The molecule has 1 unspecified atom stereocenters. The lowest BCUT2D eigenvalue weighted by Crippen LogP contribution is -2.52. The Labute approximate surface area is 143 Å². The number of nitrogens with zero attached hydrogens (tertiary/aromatic N) is 3. The number of methoxy groups -OCH3 is 1. The third kappa shape index (κ3) is 3.83. The van der Waals surface area contributed by atoms with E-state index in [9.17, 15) is 9.59 Å². The predicted molar refractivity (Wildman–Crippen MR) is 90.3 cm³/mol. The predicted octanol–water partition coefficient (Wildman–Crippen LogP) is 0.578. The summed E-state index contributed by atoms with van der Waals surface area (Å²) < 4.78 is 4.99. The fraction of sp³-hybridized carbons (Fsp3) is 0.556. The number of amides is 2. The molecule has 1 aromatic rings. The normalized spacial score (nSPS) is 23.2. The van der Waals surface area contributed by atoms with Gasteiger partial charge in [-0.3, -0.25) is 24.3 Å². The van der Waals surface area contributed by atoms with Crippen molar-refractivity contribution in [2.24, 2.45) is 0 Å². The van der Waals surface area contributed by atoms with Gasteiger partial charge < -0.3 is 4.74 Å². The summed E-state index contributed by atoms with van der Waals surface area (Å²) in [6.45, 7) is 5.19. The highest BCUT2D eigenvalue weighted by atomic mass is 16.5. The van der Waals surface area contributed by atoms with Gasteiger partial charge in [0.1, 0.15) is 0 Å². The van der Waals surface area contributed by atoms with Gasteiger partial charge in [0.05, 0.1) is 25.6 Å². The van der Waals surface area contributed by atoms with Crippen LogP contribution in [0, 0.1) is 0 Å². The number of benzene rings is 1. The van der Waals surface area contributed by atoms with Gasteiger partial charge in [0.2, 0.25) is 11.8 Å². The fourth-order valence-corrected chi connectivity index (χ4v) is 3.44. The standard InChI is InChI=1S/C18H25N3O3/c1-24-12-11-21-17(22)13-16(18(21)23)20-9-7-19(8-10-20)14-15-5-3-2-4-6-15/h2-6,16H,7-14H2,1H3. The lowest BCUT2D eigenvalue weighted by atomic mass is 10.1. The molecule has 0 spiro atoms. The Kier molecular flexibility index (Phi) is 5.60. The average Bonchev–Trinajstić information content (AvgIpc) is 2.89. The highest BCUT2D eigenvalue weighted by molar-refractivity contribution is 6.05. The van der Waals surface area contributed by atoms with Crippen LogP contribution in [0.3, 0.4) is 0 Å². The van der Waals surface area contributed by atoms with Crippen molar-refractivity contribution >= 4 is 11.8 Å². The maximum atomic E-state index is 12.5. The second-order valence-corrected chi connectivity index (χ2v) is 6.39. The molecule has 2 fully saturated rings. The molecule has 2 aliphatic heterocycles. The van der Waals surface area contributed by atoms with Gasteiger partial charge in [-0.15, -0.1) is 0 Å². The molecular weight excluding hydrogens is 306 g/mol. The number of imide groups is 1. The molecule has 2 amide bonds. The molecule has 0 bridgehead atoms. The minimum absolute atomic E-state index is 0.0615. The fourth-order valence-electron chi connectivity index (χ4n) is 3.44. The summed E-state index contributed by atoms with van der Waals surface area (Å²) in [6.07, 6.45) is 0.307. The maximum Gasteiger partial charge on any atom is 0.247 e. The van der Waals surface area contributed by atoms with Crippen molar-refractivity contribution in [3.63, 3.8) is 0 Å². The number of carbonyl (C=O) groups excluding carboxylic acids is 2. The molecule has 0 radical (unpaired) electrons. The zero-order valence-electron chi connectivity index (χ0n) is 14.2. The van der Waals surface area contributed by atoms with Crippen molar-refractivity contribution in [3.8, 4) is 0 Å². The topological polar surface area (TPSA) is 53.1 Å². The van der Waals surface area contributed by atoms with Crippen LogP contribution < -0.4 is 0 Å². The molecule has 0 N–H and O–H groups in total. The third-order valence-corrected chi connectivity index (χ3v) is 4.84. The van der Waals surface area contributed by atoms with Gasteiger partial charge >= 0.3 is 0 Å². The summed E-state index contributed by atoms with van der Waals surface area (Å²) in [5.41, 5.74) is 1.31. The number of piperazine rings is 1. The molecular formula is C18H25N3O3. The van der Waals surface area contributed by atoms with Crippen LogP contribution in [0.15, 0.2) is 30.3 Å². The lowest BCUT2D eigenvalue weighted by molar-refractivity contribution is -0.140. The molecule has 0 aromatic heterocycles. The highest BCUT2D eigenvalue weighted by Crippen LogP contribution is 2.20. The molecule has 6 nitrogen and oxygen atoms in total. The number of hydrogen-bond donors (Lipinski definition) is 0. The summed E-state index contributed by atoms with van der Waals surface area (Å²) in [7, 11) is 1.58. The monoisotopic (exact) mass is 331 g/mol. The van der Waals surface area contributed by atoms with Crippen LogP contribution in [0.1, 0.15) is 12.0 Å². The molecule has 3 rings (SSSR count). The average molecular weight is 331 g/mol. The van der Waals surface area contributed by atoms with Crippen LogP contribution in [0.5, 0.6) is 0 Å². The molecule has 6 heteroatoms. The van der Waals surface area contributed by atoms with E-state index in [2.05, 4.69) is 34.1 Å². The van der Waals surface area contributed by atoms with E-state index in [1.807, 2.05) is 6.07 Å². The zero-order chi connectivity index (χ0) is 16.9. The summed E-state index contributed by atoms with van der Waals surface area (Å²) in [4.78, 5) is 30.5. The number of carbonyl (C=O) groups is 2. The van der Waals surface area contributed by atoms with E-state index < -0.39 is 0 Å². The third-order valence-electron chi connectivity index (χ3n) is 4.84. The summed E-state index contributed by atoms with van der Waals surface area (Å²) >= 11 is 0. The number of rotatable bonds is 6. The first-order valence-electron chi connectivity index (χ1n) is 8.52. The summed E-state index contributed by atoms with van der Waals surface area (Å²) in [5.74, 6) is -0.137. The van der Waals surface area contributed by atoms with Crippen molar-refractivity contribution in [3.05, 3.63) is 35.9 Å². The summed E-state index contributed by atoms with van der Waals surface area (Å²) in [6, 6.07) is 10.1. The van der Waals surface area contributed by atoms with E-state index >= 15 is 0 Å². The van der Waals surface area contributed by atoms with Crippen LogP contribution >= 0.6 is 0 Å². The number of likely N-dealkylation sites (tertiary alicyclic amines) is 1. The highest BCUT2D eigenvalue weighted by Gasteiger charge is 2.42. The second kappa shape index (κ2) is 7.88. The van der Waals surface area contributed by atoms with Crippen LogP contribution in [-0.2, 0) is 20.9 Å². The van der Waals surface area contributed by atoms with Crippen LogP contribution in [-0.4, -0.2) is 79.0 Å². The van der Waals surface area contributed by atoms with Gasteiger partial charge in [-0.2, -0.15) is 0 Å². The Morgan fingerprint density at radius 2 is 1.79 bits per heavy atom. The molecule has 0 saturated carbocycles. The van der Waals surface area contributed by atoms with E-state index in [0.29, 0.717) is 19.6 Å². The van der Waals surface area contributed by atoms with Crippen molar-refractivity contribution in [1.82, 2.24) is 14.7 Å². The van der Waals surface area contributed by atoms with Crippen molar-refractivity contribution < 1.29 is 14.3 Å². The molecule has 130 valence electrons. The largest absolute Gasteiger partial charge is 0.383 e. The van der Waals surface area contributed by atoms with Gasteiger partial charge in [0, 0.05) is 39.8 Å². The first kappa shape index (κ1) is 17.1. The minimum atomic E-state index is -0.284. The second-order valence-electron chi connectivity index (χ2n) is 6.39. The van der Waals surface area contributed by atoms with E-state index in [0.717, 1.165) is 32.7 Å². The van der Waals surface area contributed by atoms with E-state index in [1.165, 1.54) is 10.5 Å². The Balaban J connectivity index is 1.51. The van der Waals surface area contributed by atoms with Crippen LogP contribution in [0.4, 0.5) is 0 Å². The first-order valence-corrected chi connectivity index (χ1v) is 8.52. The molecule has 2 heterocycles. The minimum Gasteiger partial charge on any atom is -0.383 e. The zero-order valence-corrected chi connectivity index (χ0v) is 14.2. The van der Waals surface area contributed by atoms with Crippen molar-refractivity contribution in [2.45, 2.75) is 19.0 Å². The van der Waals surface area contributed by atoms with Gasteiger partial charge in [0.15, 0.2) is 0 Å². The maximum absolute atomic E-state index is 12.5.